The van der Waals surface area contributed by atoms with Crippen molar-refractivity contribution in [2.24, 2.45) is 0 Å². The van der Waals surface area contributed by atoms with Crippen molar-refractivity contribution in [1.29, 1.82) is 0 Å². The number of carbonyl (C=O) groups is 1. The van der Waals surface area contributed by atoms with Crippen LogP contribution in [-0.4, -0.2) is 10.9 Å². The minimum absolute atomic E-state index is 0.0241. The number of rotatable bonds is 3. The first-order chi connectivity index (χ1) is 10.3. The molecule has 1 aliphatic carbocycles. The summed E-state index contributed by atoms with van der Waals surface area (Å²) < 4.78 is 39.7. The van der Waals surface area contributed by atoms with E-state index in [0.29, 0.717) is 22.0 Å². The third-order valence-electron chi connectivity index (χ3n) is 3.46. The van der Waals surface area contributed by atoms with Crippen LogP contribution in [0.15, 0.2) is 23.6 Å². The predicted molar refractivity (Wildman–Crippen MR) is 78.8 cm³/mol. The van der Waals surface area contributed by atoms with Gasteiger partial charge in [-0.05, 0) is 30.4 Å². The molecular formula is C15H13F3N2OS. The van der Waals surface area contributed by atoms with Gasteiger partial charge in [-0.25, -0.2) is 4.98 Å². The van der Waals surface area contributed by atoms with Gasteiger partial charge in [-0.1, -0.05) is 12.1 Å². The minimum Gasteiger partial charge on any atom is -0.302 e. The number of amides is 1. The van der Waals surface area contributed by atoms with Crippen LogP contribution in [-0.2, 0) is 11.0 Å². The molecular weight excluding hydrogens is 313 g/mol. The summed E-state index contributed by atoms with van der Waals surface area (Å²) in [5.74, 6) is -0.239. The third kappa shape index (κ3) is 3.14. The van der Waals surface area contributed by atoms with Crippen molar-refractivity contribution in [1.82, 2.24) is 4.98 Å². The third-order valence-corrected chi connectivity index (χ3v) is 4.22. The van der Waals surface area contributed by atoms with E-state index >= 15 is 0 Å². The largest absolute Gasteiger partial charge is 0.416 e. The molecule has 1 fully saturated rings. The molecule has 0 atom stereocenters. The Morgan fingerprint density at radius 2 is 2.09 bits per heavy atom. The van der Waals surface area contributed by atoms with E-state index in [-0.39, 0.29) is 11.8 Å². The van der Waals surface area contributed by atoms with Crippen LogP contribution in [0.1, 0.15) is 36.8 Å². The van der Waals surface area contributed by atoms with Gasteiger partial charge in [-0.15, -0.1) is 11.3 Å². The molecule has 1 N–H and O–H groups in total. The highest BCUT2D eigenvalue weighted by Crippen LogP contribution is 2.46. The van der Waals surface area contributed by atoms with Crippen molar-refractivity contribution in [3.63, 3.8) is 0 Å². The molecule has 7 heteroatoms. The van der Waals surface area contributed by atoms with Crippen molar-refractivity contribution in [2.75, 3.05) is 5.32 Å². The fourth-order valence-corrected chi connectivity index (χ4v) is 3.09. The standard InChI is InChI=1S/C15H13F3N2OS/c1-8(21)19-14-20-13(7-22-14)10-4-5-11(9-2-3-9)12(6-10)15(16,17)18/h4-7,9H,2-3H2,1H3,(H,19,20,21). The van der Waals surface area contributed by atoms with Crippen molar-refractivity contribution in [3.8, 4) is 11.3 Å². The Bertz CT molecular complexity index is 720. The van der Waals surface area contributed by atoms with Gasteiger partial charge >= 0.3 is 6.18 Å². The Hall–Kier alpha value is -1.89. The van der Waals surface area contributed by atoms with Crippen molar-refractivity contribution >= 4 is 22.4 Å². The van der Waals surface area contributed by atoms with Crippen LogP contribution in [0.5, 0.6) is 0 Å². The number of halogens is 3. The lowest BCUT2D eigenvalue weighted by molar-refractivity contribution is -0.138. The molecule has 1 heterocycles. The molecule has 3 rings (SSSR count). The summed E-state index contributed by atoms with van der Waals surface area (Å²) in [5.41, 5.74) is 0.626. The zero-order valence-corrected chi connectivity index (χ0v) is 12.5. The first-order valence-corrected chi connectivity index (χ1v) is 7.67. The van der Waals surface area contributed by atoms with E-state index in [0.717, 1.165) is 18.9 Å². The minimum atomic E-state index is -4.37. The molecule has 0 saturated heterocycles. The number of thiazole rings is 1. The van der Waals surface area contributed by atoms with Gasteiger partial charge in [0, 0.05) is 17.9 Å². The predicted octanol–water partition coefficient (Wildman–Crippen LogP) is 4.66. The molecule has 22 heavy (non-hydrogen) atoms. The molecule has 1 aromatic carbocycles. The van der Waals surface area contributed by atoms with Crippen LogP contribution >= 0.6 is 11.3 Å². The second-order valence-corrected chi connectivity index (χ2v) is 6.15. The van der Waals surface area contributed by atoms with E-state index in [4.69, 9.17) is 0 Å². The highest BCUT2D eigenvalue weighted by molar-refractivity contribution is 7.14. The number of nitrogens with zero attached hydrogens (tertiary/aromatic N) is 1. The number of anilines is 1. The van der Waals surface area contributed by atoms with E-state index < -0.39 is 11.7 Å². The summed E-state index contributed by atoms with van der Waals surface area (Å²) in [6, 6.07) is 4.36. The molecule has 1 aromatic heterocycles. The van der Waals surface area contributed by atoms with E-state index in [1.165, 1.54) is 18.3 Å². The fraction of sp³-hybridized carbons (Fsp3) is 0.333. The molecule has 2 aromatic rings. The van der Waals surface area contributed by atoms with Crippen LogP contribution in [0, 0.1) is 0 Å². The number of nitrogens with one attached hydrogen (secondary N) is 1. The van der Waals surface area contributed by atoms with Crippen LogP contribution < -0.4 is 5.32 Å². The first kappa shape index (κ1) is 15.0. The lowest BCUT2D eigenvalue weighted by atomic mass is 9.99. The Morgan fingerprint density at radius 1 is 1.36 bits per heavy atom. The van der Waals surface area contributed by atoms with Gasteiger partial charge in [0.15, 0.2) is 5.13 Å². The van der Waals surface area contributed by atoms with Crippen LogP contribution in [0.25, 0.3) is 11.3 Å². The number of benzene rings is 1. The zero-order chi connectivity index (χ0) is 15.9. The summed E-state index contributed by atoms with van der Waals surface area (Å²) in [6.07, 6.45) is -2.75. The molecule has 1 aliphatic rings. The van der Waals surface area contributed by atoms with Crippen LogP contribution in [0.2, 0.25) is 0 Å². The Morgan fingerprint density at radius 3 is 2.68 bits per heavy atom. The van der Waals surface area contributed by atoms with E-state index in [1.54, 1.807) is 17.5 Å². The number of carbonyl (C=O) groups excluding carboxylic acids is 1. The SMILES string of the molecule is CC(=O)Nc1nc(-c2ccc(C3CC3)c(C(F)(F)F)c2)cs1. The van der Waals surface area contributed by atoms with E-state index in [1.807, 2.05) is 0 Å². The van der Waals surface area contributed by atoms with Gasteiger partial charge in [0.1, 0.15) is 0 Å². The topological polar surface area (TPSA) is 42.0 Å². The zero-order valence-electron chi connectivity index (χ0n) is 11.7. The van der Waals surface area contributed by atoms with Gasteiger partial charge in [0.2, 0.25) is 5.91 Å². The molecule has 0 aliphatic heterocycles. The second-order valence-electron chi connectivity index (χ2n) is 5.29. The smallest absolute Gasteiger partial charge is 0.302 e. The number of hydrogen-bond acceptors (Lipinski definition) is 3. The van der Waals surface area contributed by atoms with Crippen molar-refractivity contribution in [3.05, 3.63) is 34.7 Å². The molecule has 0 radical (unpaired) electrons. The van der Waals surface area contributed by atoms with Gasteiger partial charge in [0.05, 0.1) is 11.3 Å². The van der Waals surface area contributed by atoms with Gasteiger partial charge in [0.25, 0.3) is 0 Å². The summed E-state index contributed by atoms with van der Waals surface area (Å²) in [6.45, 7) is 1.35. The lowest BCUT2D eigenvalue weighted by Crippen LogP contribution is -2.09. The Balaban J connectivity index is 1.97. The summed E-state index contributed by atoms with van der Waals surface area (Å²) in [4.78, 5) is 15.1. The number of aromatic nitrogens is 1. The number of alkyl halides is 3. The first-order valence-electron chi connectivity index (χ1n) is 6.79. The van der Waals surface area contributed by atoms with Crippen molar-refractivity contribution in [2.45, 2.75) is 31.9 Å². The number of hydrogen-bond donors (Lipinski definition) is 1. The van der Waals surface area contributed by atoms with Gasteiger partial charge < -0.3 is 5.32 Å². The van der Waals surface area contributed by atoms with Crippen molar-refractivity contribution < 1.29 is 18.0 Å². The Labute approximate surface area is 129 Å². The van der Waals surface area contributed by atoms with Crippen LogP contribution in [0.4, 0.5) is 18.3 Å². The maximum absolute atomic E-state index is 13.2. The summed E-state index contributed by atoms with van der Waals surface area (Å²) in [7, 11) is 0. The van der Waals surface area contributed by atoms with Crippen LogP contribution in [0.3, 0.4) is 0 Å². The maximum Gasteiger partial charge on any atom is 0.416 e. The van der Waals surface area contributed by atoms with E-state index in [9.17, 15) is 18.0 Å². The average Bonchev–Trinajstić information content (AvgIpc) is 3.17. The second kappa shape index (κ2) is 5.39. The molecule has 1 saturated carbocycles. The fourth-order valence-electron chi connectivity index (χ4n) is 2.33. The molecule has 3 nitrogen and oxygen atoms in total. The van der Waals surface area contributed by atoms with Gasteiger partial charge in [-0.3, -0.25) is 4.79 Å². The molecule has 1 amide bonds. The Kier molecular flexibility index (Phi) is 3.68. The molecule has 116 valence electrons. The summed E-state index contributed by atoms with van der Waals surface area (Å²) in [5, 5.41) is 4.54. The van der Waals surface area contributed by atoms with E-state index in [2.05, 4.69) is 10.3 Å². The lowest BCUT2D eigenvalue weighted by Gasteiger charge is -2.13. The molecule has 0 spiro atoms. The summed E-state index contributed by atoms with van der Waals surface area (Å²) >= 11 is 1.18. The quantitative estimate of drug-likeness (QED) is 0.891. The average molecular weight is 326 g/mol. The molecule has 0 unspecified atom stereocenters. The monoisotopic (exact) mass is 326 g/mol. The highest BCUT2D eigenvalue weighted by Gasteiger charge is 2.38. The molecule has 0 bridgehead atoms. The van der Waals surface area contributed by atoms with Gasteiger partial charge in [-0.2, -0.15) is 13.2 Å². The highest BCUT2D eigenvalue weighted by atomic mass is 32.1. The normalized spacial score (nSPS) is 14.9. The maximum atomic E-state index is 13.2.